The molecule has 126 valence electrons. The van der Waals surface area contributed by atoms with Crippen LogP contribution in [-0.2, 0) is 14.8 Å². The van der Waals surface area contributed by atoms with Crippen molar-refractivity contribution in [1.82, 2.24) is 0 Å². The second-order valence-corrected chi connectivity index (χ2v) is 8.44. The van der Waals surface area contributed by atoms with Crippen molar-refractivity contribution in [2.24, 2.45) is 0 Å². The van der Waals surface area contributed by atoms with E-state index in [1.54, 1.807) is 53.1 Å². The van der Waals surface area contributed by atoms with Crippen molar-refractivity contribution in [3.05, 3.63) is 48.0 Å². The first-order chi connectivity index (χ1) is 11.4. The summed E-state index contributed by atoms with van der Waals surface area (Å²) in [6.07, 6.45) is 0. The van der Waals surface area contributed by atoms with Gasteiger partial charge < -0.3 is 4.90 Å². The number of hydrogen-bond donors (Lipinski definition) is 1. The first-order valence-electron chi connectivity index (χ1n) is 7.51. The smallest absolute Gasteiger partial charge is 0.261 e. The minimum atomic E-state index is -3.67. The molecule has 0 spiro atoms. The van der Waals surface area contributed by atoms with Crippen LogP contribution < -0.4 is 9.62 Å². The number of rotatable bonds is 3. The number of nitrogens with zero attached hydrogens (tertiary/aromatic N) is 1. The van der Waals surface area contributed by atoms with Gasteiger partial charge in [-0.05, 0) is 42.8 Å². The standard InChI is InChI=1S/C17H18N2O3S2/c1-12-4-3-5-14(10-12)18-24(21,22)15-6-7-16-17(11-15)23-9-8-19(16)13(2)20/h3-7,10-11,18H,8-9H2,1-2H3. The largest absolute Gasteiger partial charge is 0.311 e. The molecule has 1 N–H and O–H groups in total. The van der Waals surface area contributed by atoms with E-state index in [0.717, 1.165) is 21.9 Å². The van der Waals surface area contributed by atoms with E-state index in [-0.39, 0.29) is 10.8 Å². The van der Waals surface area contributed by atoms with E-state index >= 15 is 0 Å². The molecular formula is C17H18N2O3S2. The summed E-state index contributed by atoms with van der Waals surface area (Å²) in [5.41, 5.74) is 2.28. The lowest BCUT2D eigenvalue weighted by atomic mass is 10.2. The van der Waals surface area contributed by atoms with Crippen molar-refractivity contribution in [1.29, 1.82) is 0 Å². The van der Waals surface area contributed by atoms with Crippen molar-refractivity contribution < 1.29 is 13.2 Å². The lowest BCUT2D eigenvalue weighted by Crippen LogP contribution is -2.33. The Hall–Kier alpha value is -1.99. The topological polar surface area (TPSA) is 66.5 Å². The maximum Gasteiger partial charge on any atom is 0.261 e. The summed E-state index contributed by atoms with van der Waals surface area (Å²) in [7, 11) is -3.67. The molecular weight excluding hydrogens is 344 g/mol. The predicted molar refractivity (Wildman–Crippen MR) is 97.2 cm³/mol. The van der Waals surface area contributed by atoms with Crippen LogP contribution in [0.2, 0.25) is 0 Å². The molecule has 3 rings (SSSR count). The molecule has 5 nitrogen and oxygen atoms in total. The number of benzene rings is 2. The summed E-state index contributed by atoms with van der Waals surface area (Å²) in [5, 5.41) is 0. The maximum atomic E-state index is 12.6. The molecule has 0 unspecified atom stereocenters. The van der Waals surface area contributed by atoms with Crippen LogP contribution in [-0.4, -0.2) is 26.6 Å². The molecule has 0 aliphatic carbocycles. The Morgan fingerprint density at radius 1 is 1.21 bits per heavy atom. The fourth-order valence-corrected chi connectivity index (χ4v) is 4.80. The number of anilines is 2. The molecule has 7 heteroatoms. The van der Waals surface area contributed by atoms with Gasteiger partial charge in [0.1, 0.15) is 0 Å². The van der Waals surface area contributed by atoms with Crippen molar-refractivity contribution in [2.45, 2.75) is 23.6 Å². The van der Waals surface area contributed by atoms with Crippen LogP contribution in [0.15, 0.2) is 52.3 Å². The van der Waals surface area contributed by atoms with Gasteiger partial charge in [0, 0.05) is 29.8 Å². The van der Waals surface area contributed by atoms with Gasteiger partial charge in [-0.25, -0.2) is 8.42 Å². The first kappa shape index (κ1) is 16.9. The van der Waals surface area contributed by atoms with E-state index in [1.165, 1.54) is 6.92 Å². The minimum absolute atomic E-state index is 0.0370. The first-order valence-corrected chi connectivity index (χ1v) is 9.98. The second-order valence-electron chi connectivity index (χ2n) is 5.62. The highest BCUT2D eigenvalue weighted by molar-refractivity contribution is 7.99. The number of carbonyl (C=O) groups excluding carboxylic acids is 1. The number of hydrogen-bond acceptors (Lipinski definition) is 4. The highest BCUT2D eigenvalue weighted by Crippen LogP contribution is 2.36. The number of fused-ring (bicyclic) bond motifs is 1. The molecule has 1 aliphatic rings. The van der Waals surface area contributed by atoms with Gasteiger partial charge in [0.05, 0.1) is 10.6 Å². The van der Waals surface area contributed by atoms with Crippen LogP contribution in [0.1, 0.15) is 12.5 Å². The summed E-state index contributed by atoms with van der Waals surface area (Å²) in [4.78, 5) is 14.4. The molecule has 0 bridgehead atoms. The SMILES string of the molecule is CC(=O)N1CCSc2cc(S(=O)(=O)Nc3cccc(C)c3)ccc21. The number of nitrogens with one attached hydrogen (secondary N) is 1. The van der Waals surface area contributed by atoms with Gasteiger partial charge in [0.2, 0.25) is 5.91 Å². The van der Waals surface area contributed by atoms with E-state index in [2.05, 4.69) is 4.72 Å². The normalized spacial score (nSPS) is 14.2. The van der Waals surface area contributed by atoms with Gasteiger partial charge >= 0.3 is 0 Å². The molecule has 0 saturated heterocycles. The van der Waals surface area contributed by atoms with Crippen LogP contribution in [0, 0.1) is 6.92 Å². The van der Waals surface area contributed by atoms with Crippen LogP contribution in [0.4, 0.5) is 11.4 Å². The molecule has 2 aromatic carbocycles. The average molecular weight is 362 g/mol. The predicted octanol–water partition coefficient (Wildman–Crippen LogP) is 3.25. The van der Waals surface area contributed by atoms with Crippen molar-refractivity contribution in [3.63, 3.8) is 0 Å². The van der Waals surface area contributed by atoms with Gasteiger partial charge in [-0.15, -0.1) is 11.8 Å². The highest BCUT2D eigenvalue weighted by atomic mass is 32.2. The van der Waals surface area contributed by atoms with Gasteiger partial charge in [0.25, 0.3) is 10.0 Å². The zero-order valence-corrected chi connectivity index (χ0v) is 15.1. The highest BCUT2D eigenvalue weighted by Gasteiger charge is 2.23. The molecule has 1 amide bonds. The zero-order chi connectivity index (χ0) is 17.3. The molecule has 24 heavy (non-hydrogen) atoms. The number of carbonyl (C=O) groups is 1. The molecule has 0 radical (unpaired) electrons. The summed E-state index contributed by atoms with van der Waals surface area (Å²) in [6.45, 7) is 4.06. The third-order valence-corrected chi connectivity index (χ3v) is 6.16. The van der Waals surface area contributed by atoms with Crippen LogP contribution in [0.3, 0.4) is 0 Å². The van der Waals surface area contributed by atoms with Crippen LogP contribution >= 0.6 is 11.8 Å². The number of aryl methyl sites for hydroxylation is 1. The van der Waals surface area contributed by atoms with Gasteiger partial charge in [-0.3, -0.25) is 9.52 Å². The fourth-order valence-electron chi connectivity index (χ4n) is 2.62. The Balaban J connectivity index is 1.93. The van der Waals surface area contributed by atoms with Gasteiger partial charge in [-0.2, -0.15) is 0 Å². The Kier molecular flexibility index (Phi) is 4.56. The monoisotopic (exact) mass is 362 g/mol. The molecule has 0 fully saturated rings. The van der Waals surface area contributed by atoms with E-state index < -0.39 is 10.0 Å². The zero-order valence-electron chi connectivity index (χ0n) is 13.4. The molecule has 0 aromatic heterocycles. The molecule has 0 atom stereocenters. The molecule has 1 heterocycles. The summed E-state index contributed by atoms with van der Waals surface area (Å²) < 4.78 is 27.8. The Morgan fingerprint density at radius 3 is 2.71 bits per heavy atom. The summed E-state index contributed by atoms with van der Waals surface area (Å²) in [6, 6.07) is 12.1. The average Bonchev–Trinajstić information content (AvgIpc) is 2.53. The second kappa shape index (κ2) is 6.49. The summed E-state index contributed by atoms with van der Waals surface area (Å²) >= 11 is 1.56. The van der Waals surface area contributed by atoms with E-state index in [9.17, 15) is 13.2 Å². The number of sulfonamides is 1. The Morgan fingerprint density at radius 2 is 2.00 bits per heavy atom. The summed E-state index contributed by atoms with van der Waals surface area (Å²) in [5.74, 6) is 0.714. The quantitative estimate of drug-likeness (QED) is 0.910. The molecule has 1 aliphatic heterocycles. The van der Waals surface area contributed by atoms with Crippen LogP contribution in [0.5, 0.6) is 0 Å². The third-order valence-electron chi connectivity index (χ3n) is 3.76. The molecule has 0 saturated carbocycles. The maximum absolute atomic E-state index is 12.6. The van der Waals surface area contributed by atoms with Crippen molar-refractivity contribution in [3.8, 4) is 0 Å². The minimum Gasteiger partial charge on any atom is -0.311 e. The van der Waals surface area contributed by atoms with Gasteiger partial charge in [-0.1, -0.05) is 12.1 Å². The van der Waals surface area contributed by atoms with Crippen molar-refractivity contribution >= 4 is 39.1 Å². The van der Waals surface area contributed by atoms with Gasteiger partial charge in [0.15, 0.2) is 0 Å². The van der Waals surface area contributed by atoms with E-state index in [1.807, 2.05) is 13.0 Å². The Bertz CT molecular complexity index is 894. The molecule has 2 aromatic rings. The van der Waals surface area contributed by atoms with E-state index in [0.29, 0.717) is 12.2 Å². The lowest BCUT2D eigenvalue weighted by molar-refractivity contribution is -0.116. The third kappa shape index (κ3) is 3.42. The van der Waals surface area contributed by atoms with Crippen molar-refractivity contribution in [2.75, 3.05) is 21.9 Å². The lowest BCUT2D eigenvalue weighted by Gasteiger charge is -2.28. The van der Waals surface area contributed by atoms with Crippen LogP contribution in [0.25, 0.3) is 0 Å². The Labute approximate surface area is 146 Å². The number of thioether (sulfide) groups is 1. The fraction of sp³-hybridized carbons (Fsp3) is 0.235. The van der Waals surface area contributed by atoms with E-state index in [4.69, 9.17) is 0 Å². The number of amides is 1.